The van der Waals surface area contributed by atoms with Gasteiger partial charge in [-0.2, -0.15) is 4.31 Å². The molecule has 2 aromatic carbocycles. The Hall–Kier alpha value is -2.49. The van der Waals surface area contributed by atoms with Gasteiger partial charge in [-0.25, -0.2) is 8.42 Å². The Balaban J connectivity index is 1.77. The molecule has 0 aliphatic carbocycles. The van der Waals surface area contributed by atoms with Gasteiger partial charge in [-0.05, 0) is 36.4 Å². The average Bonchev–Trinajstić information content (AvgIpc) is 3.10. The smallest absolute Gasteiger partial charge is 0.269 e. The number of rotatable bonds is 6. The summed E-state index contributed by atoms with van der Waals surface area (Å²) in [5.41, 5.74) is 0.715. The Morgan fingerprint density at radius 2 is 1.67 bits per heavy atom. The molecular formula is C18H15BrN2O5S. The number of sulfonamides is 1. The summed E-state index contributed by atoms with van der Waals surface area (Å²) >= 11 is 3.37. The van der Waals surface area contributed by atoms with Crippen LogP contribution in [-0.4, -0.2) is 24.7 Å². The second-order valence-electron chi connectivity index (χ2n) is 5.78. The molecule has 9 heteroatoms. The Morgan fingerprint density at radius 1 is 1.04 bits per heavy atom. The first-order valence-corrected chi connectivity index (χ1v) is 10.1. The number of hydrogen-bond donors (Lipinski definition) is 0. The van der Waals surface area contributed by atoms with Gasteiger partial charge in [0, 0.05) is 29.2 Å². The third-order valence-corrected chi connectivity index (χ3v) is 6.27. The molecule has 0 aliphatic heterocycles. The normalized spacial score (nSPS) is 11.7. The lowest BCUT2D eigenvalue weighted by atomic mass is 10.2. The van der Waals surface area contributed by atoms with Crippen molar-refractivity contribution in [2.75, 3.05) is 7.05 Å². The highest BCUT2D eigenvalue weighted by Crippen LogP contribution is 2.26. The third kappa shape index (κ3) is 4.26. The Bertz CT molecular complexity index is 1060. The van der Waals surface area contributed by atoms with Crippen LogP contribution in [0.25, 0.3) is 11.3 Å². The van der Waals surface area contributed by atoms with Crippen LogP contribution in [0.2, 0.25) is 0 Å². The molecule has 3 rings (SSSR count). The van der Waals surface area contributed by atoms with E-state index in [1.807, 2.05) is 24.3 Å². The van der Waals surface area contributed by atoms with Crippen LogP contribution in [-0.2, 0) is 16.6 Å². The molecule has 0 spiro atoms. The van der Waals surface area contributed by atoms with Gasteiger partial charge in [0.1, 0.15) is 11.5 Å². The molecule has 0 saturated carbocycles. The maximum atomic E-state index is 12.6. The Kier molecular flexibility index (Phi) is 5.45. The molecule has 0 bridgehead atoms. The lowest BCUT2D eigenvalue weighted by Crippen LogP contribution is -2.26. The van der Waals surface area contributed by atoms with Crippen molar-refractivity contribution < 1.29 is 17.8 Å². The minimum atomic E-state index is -3.80. The fourth-order valence-electron chi connectivity index (χ4n) is 2.46. The maximum Gasteiger partial charge on any atom is 0.269 e. The fraction of sp³-hybridized carbons (Fsp3) is 0.111. The highest BCUT2D eigenvalue weighted by Gasteiger charge is 2.23. The molecule has 0 amide bonds. The minimum Gasteiger partial charge on any atom is -0.460 e. The van der Waals surface area contributed by atoms with Crippen molar-refractivity contribution in [3.8, 4) is 11.3 Å². The van der Waals surface area contributed by atoms with Crippen molar-refractivity contribution in [3.63, 3.8) is 0 Å². The van der Waals surface area contributed by atoms with Gasteiger partial charge in [0.2, 0.25) is 10.0 Å². The van der Waals surface area contributed by atoms with E-state index in [1.165, 1.54) is 31.3 Å². The zero-order valence-electron chi connectivity index (χ0n) is 14.2. The Morgan fingerprint density at radius 3 is 2.26 bits per heavy atom. The molecule has 0 aliphatic rings. The van der Waals surface area contributed by atoms with Crippen molar-refractivity contribution in [3.05, 3.63) is 81.0 Å². The van der Waals surface area contributed by atoms with Crippen LogP contribution in [0.5, 0.6) is 0 Å². The summed E-state index contributed by atoms with van der Waals surface area (Å²) in [5, 5.41) is 10.7. The van der Waals surface area contributed by atoms with E-state index in [9.17, 15) is 18.5 Å². The van der Waals surface area contributed by atoms with Crippen molar-refractivity contribution in [2.45, 2.75) is 11.4 Å². The van der Waals surface area contributed by atoms with Crippen LogP contribution in [0, 0.1) is 10.1 Å². The minimum absolute atomic E-state index is 0.0183. The van der Waals surface area contributed by atoms with Gasteiger partial charge < -0.3 is 4.42 Å². The fourth-order valence-corrected chi connectivity index (χ4v) is 3.86. The first-order chi connectivity index (χ1) is 12.8. The van der Waals surface area contributed by atoms with E-state index >= 15 is 0 Å². The quantitative estimate of drug-likeness (QED) is 0.408. The first-order valence-electron chi connectivity index (χ1n) is 7.83. The van der Waals surface area contributed by atoms with Gasteiger partial charge >= 0.3 is 0 Å². The van der Waals surface area contributed by atoms with Gasteiger partial charge in [-0.1, -0.05) is 28.1 Å². The largest absolute Gasteiger partial charge is 0.460 e. The summed E-state index contributed by atoms with van der Waals surface area (Å²) in [7, 11) is -2.37. The third-order valence-electron chi connectivity index (χ3n) is 3.92. The lowest BCUT2D eigenvalue weighted by Gasteiger charge is -2.15. The second-order valence-corrected chi connectivity index (χ2v) is 8.75. The van der Waals surface area contributed by atoms with Gasteiger partial charge in [-0.15, -0.1) is 0 Å². The average molecular weight is 451 g/mol. The van der Waals surface area contributed by atoms with Crippen LogP contribution in [0.1, 0.15) is 5.76 Å². The molecule has 27 heavy (non-hydrogen) atoms. The van der Waals surface area contributed by atoms with E-state index in [4.69, 9.17) is 4.42 Å². The molecule has 0 radical (unpaired) electrons. The maximum absolute atomic E-state index is 12.6. The standard InChI is InChI=1S/C18H15BrN2O5S/c1-20(27(24,25)17-9-6-15(7-10-17)21(22)23)12-16-8-11-18(26-16)13-2-4-14(19)5-3-13/h2-11H,12H2,1H3. The molecule has 1 heterocycles. The molecule has 0 N–H and O–H groups in total. The molecule has 140 valence electrons. The van der Waals surface area contributed by atoms with Crippen LogP contribution in [0.3, 0.4) is 0 Å². The highest BCUT2D eigenvalue weighted by atomic mass is 79.9. The molecule has 7 nitrogen and oxygen atoms in total. The molecule has 1 aromatic heterocycles. The Labute approximate surface area is 164 Å². The van der Waals surface area contributed by atoms with E-state index in [0.29, 0.717) is 11.5 Å². The molecule has 0 atom stereocenters. The van der Waals surface area contributed by atoms with E-state index in [-0.39, 0.29) is 17.1 Å². The monoisotopic (exact) mass is 450 g/mol. The second kappa shape index (κ2) is 7.63. The van der Waals surface area contributed by atoms with Crippen LogP contribution in [0.15, 0.2) is 74.4 Å². The van der Waals surface area contributed by atoms with Crippen molar-refractivity contribution in [1.29, 1.82) is 0 Å². The predicted octanol–water partition coefficient (Wildman–Crippen LogP) is 4.44. The zero-order chi connectivity index (χ0) is 19.6. The number of nitrogens with zero attached hydrogens (tertiary/aromatic N) is 2. The van der Waals surface area contributed by atoms with Crippen LogP contribution >= 0.6 is 15.9 Å². The lowest BCUT2D eigenvalue weighted by molar-refractivity contribution is -0.384. The number of halogens is 1. The number of nitro benzene ring substituents is 1. The van der Waals surface area contributed by atoms with E-state index in [1.54, 1.807) is 12.1 Å². The summed E-state index contributed by atoms with van der Waals surface area (Å²) in [6, 6.07) is 15.8. The summed E-state index contributed by atoms with van der Waals surface area (Å²) in [6.45, 7) is 0.0375. The van der Waals surface area contributed by atoms with Crippen molar-refractivity contribution in [1.82, 2.24) is 4.31 Å². The zero-order valence-corrected chi connectivity index (χ0v) is 16.6. The van der Waals surface area contributed by atoms with E-state index in [2.05, 4.69) is 15.9 Å². The number of non-ortho nitro benzene ring substituents is 1. The van der Waals surface area contributed by atoms with Gasteiger partial charge in [0.25, 0.3) is 5.69 Å². The SMILES string of the molecule is CN(Cc1ccc(-c2ccc(Br)cc2)o1)S(=O)(=O)c1ccc([N+](=O)[O-])cc1. The van der Waals surface area contributed by atoms with Crippen molar-refractivity contribution in [2.24, 2.45) is 0 Å². The molecule has 0 unspecified atom stereocenters. The topological polar surface area (TPSA) is 93.7 Å². The van der Waals surface area contributed by atoms with Crippen LogP contribution < -0.4 is 0 Å². The number of nitro groups is 1. The molecular weight excluding hydrogens is 436 g/mol. The predicted molar refractivity (Wildman–Crippen MR) is 104 cm³/mol. The van der Waals surface area contributed by atoms with E-state index in [0.717, 1.165) is 14.3 Å². The highest BCUT2D eigenvalue weighted by molar-refractivity contribution is 9.10. The first kappa shape index (κ1) is 19.3. The number of furan rings is 1. The summed E-state index contributed by atoms with van der Waals surface area (Å²) < 4.78 is 33.1. The van der Waals surface area contributed by atoms with Crippen molar-refractivity contribution >= 4 is 31.6 Å². The molecule has 0 fully saturated rings. The van der Waals surface area contributed by atoms with Gasteiger partial charge in [0.15, 0.2) is 0 Å². The van der Waals surface area contributed by atoms with Gasteiger partial charge in [0.05, 0.1) is 16.4 Å². The molecule has 3 aromatic rings. The van der Waals surface area contributed by atoms with Crippen LogP contribution in [0.4, 0.5) is 5.69 Å². The van der Waals surface area contributed by atoms with Gasteiger partial charge in [-0.3, -0.25) is 10.1 Å². The number of hydrogen-bond acceptors (Lipinski definition) is 5. The molecule has 0 saturated heterocycles. The van der Waals surface area contributed by atoms with E-state index < -0.39 is 14.9 Å². The summed E-state index contributed by atoms with van der Waals surface area (Å²) in [6.07, 6.45) is 0. The number of benzene rings is 2. The summed E-state index contributed by atoms with van der Waals surface area (Å²) in [4.78, 5) is 10.1. The summed E-state index contributed by atoms with van der Waals surface area (Å²) in [5.74, 6) is 1.12.